The van der Waals surface area contributed by atoms with Crippen molar-refractivity contribution in [3.8, 4) is 0 Å². The van der Waals surface area contributed by atoms with Crippen LogP contribution in [0.25, 0.3) is 0 Å². The zero-order valence-corrected chi connectivity index (χ0v) is 13.8. The maximum Gasteiger partial charge on any atom is 0.234 e. The van der Waals surface area contributed by atoms with Crippen LogP contribution < -0.4 is 5.32 Å². The molecular weight excluding hydrogens is 311 g/mol. The molecule has 0 spiro atoms. The molecule has 0 bridgehead atoms. The fraction of sp³-hybridized carbons (Fsp3) is 0.611. The quantitative estimate of drug-likeness (QED) is 0.851. The number of amides is 1. The molecule has 1 aliphatic heterocycles. The van der Waals surface area contributed by atoms with Crippen molar-refractivity contribution in [1.29, 1.82) is 0 Å². The second-order valence-corrected chi connectivity index (χ2v) is 6.64. The van der Waals surface area contributed by atoms with Crippen molar-refractivity contribution in [2.24, 2.45) is 5.92 Å². The first-order valence-electron chi connectivity index (χ1n) is 8.65. The van der Waals surface area contributed by atoms with Crippen molar-refractivity contribution in [2.45, 2.75) is 38.0 Å². The van der Waals surface area contributed by atoms with Crippen LogP contribution in [0.5, 0.6) is 0 Å². The highest BCUT2D eigenvalue weighted by molar-refractivity contribution is 5.78. The lowest BCUT2D eigenvalue weighted by atomic mass is 9.94. The average Bonchev–Trinajstić information content (AvgIpc) is 3.00. The number of hydrogen-bond acceptors (Lipinski definition) is 4. The summed E-state index contributed by atoms with van der Waals surface area (Å²) in [6, 6.07) is 6.52. The fourth-order valence-corrected chi connectivity index (χ4v) is 3.74. The monoisotopic (exact) mass is 336 g/mol. The number of benzene rings is 1. The molecule has 1 saturated heterocycles. The van der Waals surface area contributed by atoms with E-state index in [2.05, 4.69) is 10.2 Å². The minimum Gasteiger partial charge on any atom is -0.393 e. The summed E-state index contributed by atoms with van der Waals surface area (Å²) in [5, 5.41) is 12.9. The van der Waals surface area contributed by atoms with Crippen LogP contribution in [-0.4, -0.2) is 54.4 Å². The minimum absolute atomic E-state index is 0.0791. The van der Waals surface area contributed by atoms with Gasteiger partial charge in [-0.3, -0.25) is 9.69 Å². The van der Waals surface area contributed by atoms with E-state index in [1.54, 1.807) is 18.2 Å². The molecule has 1 aromatic carbocycles. The molecule has 1 aliphatic carbocycles. The molecule has 1 saturated carbocycles. The summed E-state index contributed by atoms with van der Waals surface area (Å²) in [7, 11) is 0. The molecule has 1 amide bonds. The predicted octanol–water partition coefficient (Wildman–Crippen LogP) is 1.30. The highest BCUT2D eigenvalue weighted by Gasteiger charge is 2.38. The van der Waals surface area contributed by atoms with Crippen molar-refractivity contribution in [3.63, 3.8) is 0 Å². The lowest BCUT2D eigenvalue weighted by molar-refractivity contribution is -0.126. The third-order valence-electron chi connectivity index (χ3n) is 5.09. The van der Waals surface area contributed by atoms with Crippen LogP contribution in [0.1, 0.15) is 24.8 Å². The van der Waals surface area contributed by atoms with E-state index in [1.165, 1.54) is 6.07 Å². The number of rotatable bonds is 5. The van der Waals surface area contributed by atoms with Crippen LogP contribution in [0, 0.1) is 11.7 Å². The van der Waals surface area contributed by atoms with Gasteiger partial charge in [-0.05, 0) is 18.9 Å². The Hall–Kier alpha value is -1.50. The summed E-state index contributed by atoms with van der Waals surface area (Å²) >= 11 is 0. The maximum absolute atomic E-state index is 13.6. The van der Waals surface area contributed by atoms with Gasteiger partial charge >= 0.3 is 0 Å². The molecule has 3 rings (SSSR count). The standard InChI is InChI=1S/C18H25FN2O3/c19-15-6-2-1-4-13(15)10-20-18(23)11-21-8-9-24-12-16(21)14-5-3-7-17(14)22/h1-2,4,6,14,16-17,22H,3,5,7-12H2,(H,20,23)/t14-,16+,17-/m0/s1. The molecule has 1 aromatic rings. The second-order valence-electron chi connectivity index (χ2n) is 6.64. The zero-order chi connectivity index (χ0) is 16.9. The van der Waals surface area contributed by atoms with Gasteiger partial charge in [-0.15, -0.1) is 0 Å². The molecule has 5 nitrogen and oxygen atoms in total. The highest BCUT2D eigenvalue weighted by atomic mass is 19.1. The molecule has 0 radical (unpaired) electrons. The van der Waals surface area contributed by atoms with Gasteiger partial charge in [-0.1, -0.05) is 24.6 Å². The van der Waals surface area contributed by atoms with Crippen LogP contribution in [0.2, 0.25) is 0 Å². The number of ether oxygens (including phenoxy) is 1. The molecule has 1 heterocycles. The topological polar surface area (TPSA) is 61.8 Å². The Morgan fingerprint density at radius 2 is 2.21 bits per heavy atom. The average molecular weight is 336 g/mol. The van der Waals surface area contributed by atoms with Crippen molar-refractivity contribution in [3.05, 3.63) is 35.6 Å². The summed E-state index contributed by atoms with van der Waals surface area (Å²) in [6.07, 6.45) is 2.52. The molecule has 2 N–H and O–H groups in total. The van der Waals surface area contributed by atoms with E-state index in [0.717, 1.165) is 19.3 Å². The molecule has 0 aromatic heterocycles. The lowest BCUT2D eigenvalue weighted by Crippen LogP contribution is -2.53. The molecular formula is C18H25FN2O3. The van der Waals surface area contributed by atoms with Gasteiger partial charge in [0.2, 0.25) is 5.91 Å². The molecule has 2 fully saturated rings. The number of aliphatic hydroxyl groups is 1. The van der Waals surface area contributed by atoms with Gasteiger partial charge in [0, 0.05) is 30.6 Å². The summed E-state index contributed by atoms with van der Waals surface area (Å²) in [5.74, 6) is -0.265. The molecule has 6 heteroatoms. The number of hydrogen-bond donors (Lipinski definition) is 2. The summed E-state index contributed by atoms with van der Waals surface area (Å²) < 4.78 is 19.2. The Labute approximate surface area is 141 Å². The first kappa shape index (κ1) is 17.3. The van der Waals surface area contributed by atoms with Crippen molar-refractivity contribution >= 4 is 5.91 Å². The maximum atomic E-state index is 13.6. The SMILES string of the molecule is O=C(CN1CCOC[C@@H]1[C@@H]1CCC[C@@H]1O)NCc1ccccc1F. The Bertz CT molecular complexity index is 569. The smallest absolute Gasteiger partial charge is 0.234 e. The number of nitrogens with zero attached hydrogens (tertiary/aromatic N) is 1. The lowest BCUT2D eigenvalue weighted by Gasteiger charge is -2.39. The second kappa shape index (κ2) is 8.05. The Kier molecular flexibility index (Phi) is 5.81. The number of halogens is 1. The van der Waals surface area contributed by atoms with Gasteiger partial charge in [0.25, 0.3) is 0 Å². The normalized spacial score (nSPS) is 28.0. The van der Waals surface area contributed by atoms with E-state index in [4.69, 9.17) is 4.74 Å². The third kappa shape index (κ3) is 4.12. The predicted molar refractivity (Wildman–Crippen MR) is 87.8 cm³/mol. The van der Waals surface area contributed by atoms with Crippen molar-refractivity contribution in [2.75, 3.05) is 26.3 Å². The van der Waals surface area contributed by atoms with E-state index < -0.39 is 0 Å². The van der Waals surface area contributed by atoms with Gasteiger partial charge in [0.05, 0.1) is 25.9 Å². The number of carbonyl (C=O) groups is 1. The van der Waals surface area contributed by atoms with Crippen LogP contribution in [-0.2, 0) is 16.1 Å². The number of morpholine rings is 1. The molecule has 0 unspecified atom stereocenters. The summed E-state index contributed by atoms with van der Waals surface area (Å²) in [6.45, 7) is 2.28. The molecule has 2 aliphatic rings. The van der Waals surface area contributed by atoms with E-state index >= 15 is 0 Å². The van der Waals surface area contributed by atoms with Crippen LogP contribution >= 0.6 is 0 Å². The Morgan fingerprint density at radius 1 is 1.38 bits per heavy atom. The Balaban J connectivity index is 1.54. The third-order valence-corrected chi connectivity index (χ3v) is 5.09. The molecule has 3 atom stereocenters. The summed E-state index contributed by atoms with van der Waals surface area (Å²) in [5.41, 5.74) is 0.482. The highest BCUT2D eigenvalue weighted by Crippen LogP contribution is 2.32. The number of aliphatic hydroxyl groups excluding tert-OH is 1. The van der Waals surface area contributed by atoms with Crippen LogP contribution in [0.4, 0.5) is 4.39 Å². The molecule has 24 heavy (non-hydrogen) atoms. The zero-order valence-electron chi connectivity index (χ0n) is 13.8. The Morgan fingerprint density at radius 3 is 2.96 bits per heavy atom. The van der Waals surface area contributed by atoms with Gasteiger partial charge < -0.3 is 15.2 Å². The van der Waals surface area contributed by atoms with E-state index in [0.29, 0.717) is 25.3 Å². The van der Waals surface area contributed by atoms with Gasteiger partial charge in [0.1, 0.15) is 5.82 Å². The molecule has 132 valence electrons. The van der Waals surface area contributed by atoms with Gasteiger partial charge in [0.15, 0.2) is 0 Å². The van der Waals surface area contributed by atoms with E-state index in [-0.39, 0.29) is 42.9 Å². The van der Waals surface area contributed by atoms with Crippen molar-refractivity contribution < 1.29 is 19.0 Å². The van der Waals surface area contributed by atoms with Crippen LogP contribution in [0.15, 0.2) is 24.3 Å². The van der Waals surface area contributed by atoms with Crippen molar-refractivity contribution in [1.82, 2.24) is 10.2 Å². The van der Waals surface area contributed by atoms with E-state index in [9.17, 15) is 14.3 Å². The minimum atomic E-state index is -0.309. The van der Waals surface area contributed by atoms with Gasteiger partial charge in [-0.25, -0.2) is 4.39 Å². The first-order valence-corrected chi connectivity index (χ1v) is 8.65. The van der Waals surface area contributed by atoms with Crippen LogP contribution in [0.3, 0.4) is 0 Å². The largest absolute Gasteiger partial charge is 0.393 e. The first-order chi connectivity index (χ1) is 11.6. The summed E-state index contributed by atoms with van der Waals surface area (Å²) in [4.78, 5) is 14.4. The number of carbonyl (C=O) groups excluding carboxylic acids is 1. The van der Waals surface area contributed by atoms with Gasteiger partial charge in [-0.2, -0.15) is 0 Å². The number of nitrogens with one attached hydrogen (secondary N) is 1. The fourth-order valence-electron chi connectivity index (χ4n) is 3.74. The van der Waals surface area contributed by atoms with E-state index in [1.807, 2.05) is 0 Å².